The minimum absolute atomic E-state index is 3.41. The van der Waals surface area contributed by atoms with Crippen LogP contribution in [0.15, 0.2) is 0 Å². The standard InChI is InChI=1S/C14HClF26O2/c15-3(18,2(16,17)1(42)43)4(19,20)5(21,22)6(23,24)7(25,26)8(27,28)9(29,30)10(31,32)11(33,34)12(35,36)13(37,38)14(39,40)41/h(H,42,43). The molecule has 0 aromatic heterocycles. The van der Waals surface area contributed by atoms with Gasteiger partial charge in [-0.05, 0) is 0 Å². The first-order valence-electron chi connectivity index (χ1n) is 8.78. The highest BCUT2D eigenvalue weighted by atomic mass is 35.5. The summed E-state index contributed by atoms with van der Waals surface area (Å²) in [7, 11) is 0. The van der Waals surface area contributed by atoms with E-state index in [0.29, 0.717) is 0 Å². The topological polar surface area (TPSA) is 37.3 Å². The molecular weight excluding hydrogens is 730 g/mol. The quantitative estimate of drug-likeness (QED) is 0.162. The van der Waals surface area contributed by atoms with Crippen LogP contribution in [0.25, 0.3) is 0 Å². The Kier molecular flexibility index (Phi) is 9.25. The van der Waals surface area contributed by atoms with Gasteiger partial charge in [0, 0.05) is 0 Å². The first kappa shape index (κ1) is 40.9. The molecule has 1 unspecified atom stereocenters. The highest BCUT2D eigenvalue weighted by molar-refractivity contribution is 6.26. The summed E-state index contributed by atoms with van der Waals surface area (Å²) in [5.41, 5.74) is 0. The van der Waals surface area contributed by atoms with Crippen molar-refractivity contribution >= 4 is 17.6 Å². The molecule has 0 aromatic carbocycles. The third-order valence-electron chi connectivity index (χ3n) is 4.96. The van der Waals surface area contributed by atoms with E-state index in [1.54, 1.807) is 0 Å². The van der Waals surface area contributed by atoms with E-state index in [1.807, 2.05) is 0 Å². The number of aliphatic carboxylic acids is 1. The lowest BCUT2D eigenvalue weighted by molar-refractivity contribution is -0.480. The van der Waals surface area contributed by atoms with E-state index in [1.165, 1.54) is 0 Å². The highest BCUT2D eigenvalue weighted by Crippen LogP contribution is 2.68. The maximum absolute atomic E-state index is 13.6. The Hall–Kier alpha value is -2.06. The summed E-state index contributed by atoms with van der Waals surface area (Å²) in [6.07, 6.45) is -8.24. The normalized spacial score (nSPS) is 18.0. The Morgan fingerprint density at radius 1 is 0.349 bits per heavy atom. The fourth-order valence-electron chi connectivity index (χ4n) is 2.28. The fraction of sp³-hybridized carbons (Fsp3) is 0.929. The van der Waals surface area contributed by atoms with Gasteiger partial charge in [0.15, 0.2) is 0 Å². The Balaban J connectivity index is 7.49. The van der Waals surface area contributed by atoms with Crippen LogP contribution in [0, 0.1) is 0 Å². The lowest BCUT2D eigenvalue weighted by Gasteiger charge is -2.46. The van der Waals surface area contributed by atoms with Gasteiger partial charge in [-0.15, -0.1) is 0 Å². The molecule has 0 aliphatic heterocycles. The third-order valence-corrected chi connectivity index (χ3v) is 5.44. The van der Waals surface area contributed by atoms with Gasteiger partial charge in [0.2, 0.25) is 0 Å². The van der Waals surface area contributed by atoms with Crippen molar-refractivity contribution in [3.8, 4) is 0 Å². The first-order valence-corrected chi connectivity index (χ1v) is 9.16. The van der Waals surface area contributed by atoms with Crippen LogP contribution in [-0.4, -0.2) is 87.5 Å². The van der Waals surface area contributed by atoms with E-state index >= 15 is 0 Å². The van der Waals surface area contributed by atoms with Crippen LogP contribution in [0.3, 0.4) is 0 Å². The van der Waals surface area contributed by atoms with Gasteiger partial charge in [-0.2, -0.15) is 110 Å². The molecule has 0 bridgehead atoms. The second kappa shape index (κ2) is 9.72. The van der Waals surface area contributed by atoms with Gasteiger partial charge in [-0.3, -0.25) is 0 Å². The van der Waals surface area contributed by atoms with E-state index in [-0.39, 0.29) is 0 Å². The molecule has 29 heteroatoms. The molecule has 0 amide bonds. The molecule has 2 nitrogen and oxygen atoms in total. The van der Waals surface area contributed by atoms with Crippen LogP contribution < -0.4 is 0 Å². The lowest BCUT2D eigenvalue weighted by atomic mass is 9.84. The van der Waals surface area contributed by atoms with Crippen molar-refractivity contribution in [1.82, 2.24) is 0 Å². The maximum atomic E-state index is 13.6. The fourth-order valence-corrected chi connectivity index (χ4v) is 2.48. The minimum atomic E-state index is -9.78. The number of alkyl halides is 27. The second-order valence-corrected chi connectivity index (χ2v) is 8.22. The second-order valence-electron chi connectivity index (χ2n) is 7.70. The average molecular weight is 731 g/mol. The predicted molar refractivity (Wildman–Crippen MR) is 77.8 cm³/mol. The molecule has 0 radical (unpaired) electrons. The van der Waals surface area contributed by atoms with Crippen molar-refractivity contribution in [2.24, 2.45) is 0 Å². The monoisotopic (exact) mass is 730 g/mol. The number of halogens is 27. The average Bonchev–Trinajstić information content (AvgIpc) is 2.76. The largest absolute Gasteiger partial charge is 0.477 e. The van der Waals surface area contributed by atoms with Gasteiger partial charge in [0.1, 0.15) is 0 Å². The van der Waals surface area contributed by atoms with E-state index in [9.17, 15) is 119 Å². The highest BCUT2D eigenvalue weighted by Gasteiger charge is 3.00. The molecular formula is C14HClF26O2. The number of carboxylic acid groups (broad SMARTS) is 1. The van der Waals surface area contributed by atoms with E-state index in [4.69, 9.17) is 5.11 Å². The van der Waals surface area contributed by atoms with Gasteiger partial charge in [0.05, 0.1) is 0 Å². The molecule has 1 atom stereocenters. The molecule has 0 saturated carbocycles. The molecule has 0 heterocycles. The molecule has 0 spiro atoms. The Bertz CT molecular complexity index is 1070. The summed E-state index contributed by atoms with van der Waals surface area (Å²) < 4.78 is 344. The predicted octanol–water partition coefficient (Wildman–Crippen LogP) is 8.53. The minimum Gasteiger partial charge on any atom is -0.477 e. The number of carbonyl (C=O) groups is 1. The molecule has 0 aliphatic carbocycles. The summed E-state index contributed by atoms with van der Waals surface area (Å²) in [4.78, 5) is 10.0. The summed E-state index contributed by atoms with van der Waals surface area (Å²) in [6.45, 7) is 0. The Morgan fingerprint density at radius 3 is 0.674 bits per heavy atom. The van der Waals surface area contributed by atoms with Crippen LogP contribution in [0.5, 0.6) is 0 Å². The van der Waals surface area contributed by atoms with Gasteiger partial charge in [0.25, 0.3) is 0 Å². The zero-order chi connectivity index (χ0) is 36.1. The van der Waals surface area contributed by atoms with Crippen LogP contribution in [0.4, 0.5) is 114 Å². The van der Waals surface area contributed by atoms with Crippen molar-refractivity contribution in [2.75, 3.05) is 0 Å². The van der Waals surface area contributed by atoms with Crippen LogP contribution in [0.1, 0.15) is 0 Å². The van der Waals surface area contributed by atoms with Crippen LogP contribution in [0.2, 0.25) is 0 Å². The van der Waals surface area contributed by atoms with Crippen molar-refractivity contribution in [3.05, 3.63) is 0 Å². The summed E-state index contributed by atoms with van der Waals surface area (Å²) in [5, 5.41) is 0.0693. The molecule has 0 aliphatic rings. The number of rotatable bonds is 12. The summed E-state index contributed by atoms with van der Waals surface area (Å²) >= 11 is 3.41. The third kappa shape index (κ3) is 4.59. The molecule has 0 rings (SSSR count). The maximum Gasteiger partial charge on any atom is 0.460 e. The summed E-state index contributed by atoms with van der Waals surface area (Å²) in [6, 6.07) is 0. The van der Waals surface area contributed by atoms with Crippen molar-refractivity contribution in [1.29, 1.82) is 0 Å². The SMILES string of the molecule is O=C(O)C(F)(F)C(F)(Cl)C(F)(F)C(F)(F)C(F)(F)C(F)(F)C(F)(F)C(F)(F)C(F)(F)C(F)(F)C(F)(F)C(F)(F)C(F)(F)F. The molecule has 0 aromatic rings. The van der Waals surface area contributed by atoms with Gasteiger partial charge in [-0.1, -0.05) is 11.6 Å². The van der Waals surface area contributed by atoms with Crippen molar-refractivity contribution < 1.29 is 124 Å². The molecule has 43 heavy (non-hydrogen) atoms. The lowest BCUT2D eigenvalue weighted by Crippen LogP contribution is -2.79. The first-order chi connectivity index (χ1) is 17.9. The molecule has 1 N–H and O–H groups in total. The number of carboxylic acids is 1. The van der Waals surface area contributed by atoms with Crippen LogP contribution >= 0.6 is 11.6 Å². The van der Waals surface area contributed by atoms with E-state index in [0.717, 1.165) is 0 Å². The van der Waals surface area contributed by atoms with Gasteiger partial charge >= 0.3 is 82.4 Å². The zero-order valence-corrected chi connectivity index (χ0v) is 18.8. The van der Waals surface area contributed by atoms with E-state index in [2.05, 4.69) is 11.6 Å². The van der Waals surface area contributed by atoms with Gasteiger partial charge < -0.3 is 5.11 Å². The molecule has 258 valence electrons. The zero-order valence-electron chi connectivity index (χ0n) is 18.1. The summed E-state index contributed by atoms with van der Waals surface area (Å²) in [5.74, 6) is -106. The van der Waals surface area contributed by atoms with Gasteiger partial charge in [-0.25, -0.2) is 9.18 Å². The van der Waals surface area contributed by atoms with Crippen LogP contribution in [-0.2, 0) is 4.79 Å². The Morgan fingerprint density at radius 2 is 0.512 bits per heavy atom. The van der Waals surface area contributed by atoms with E-state index < -0.39 is 82.4 Å². The number of hydrogen-bond acceptors (Lipinski definition) is 1. The van der Waals surface area contributed by atoms with Crippen molar-refractivity contribution in [2.45, 2.75) is 76.5 Å². The molecule has 0 saturated heterocycles. The Labute approximate surface area is 219 Å². The molecule has 0 fully saturated rings. The van der Waals surface area contributed by atoms with Crippen molar-refractivity contribution in [3.63, 3.8) is 0 Å². The number of hydrogen-bond donors (Lipinski definition) is 1. The smallest absolute Gasteiger partial charge is 0.460 e.